The van der Waals surface area contributed by atoms with Gasteiger partial charge in [0.1, 0.15) is 11.4 Å². The predicted molar refractivity (Wildman–Crippen MR) is 104 cm³/mol. The monoisotopic (exact) mass is 390 g/mol. The summed E-state index contributed by atoms with van der Waals surface area (Å²) < 4.78 is 19.9. The van der Waals surface area contributed by atoms with Crippen LogP contribution in [0.25, 0.3) is 5.69 Å². The number of hydrogen-bond donors (Lipinski definition) is 2. The molecular formula is C20H27FN4O3. The minimum absolute atomic E-state index is 0.234. The molecular weight excluding hydrogens is 363 g/mol. The van der Waals surface area contributed by atoms with Gasteiger partial charge < -0.3 is 15.4 Å². The van der Waals surface area contributed by atoms with Crippen LogP contribution in [-0.4, -0.2) is 40.5 Å². The highest BCUT2D eigenvalue weighted by Gasteiger charge is 2.17. The molecule has 0 aliphatic heterocycles. The lowest BCUT2D eigenvalue weighted by Gasteiger charge is -2.19. The van der Waals surface area contributed by atoms with E-state index >= 15 is 0 Å². The smallest absolute Gasteiger partial charge is 0.407 e. The molecule has 0 saturated heterocycles. The van der Waals surface area contributed by atoms with Crippen molar-refractivity contribution in [1.29, 1.82) is 0 Å². The average molecular weight is 390 g/mol. The second-order valence-corrected chi connectivity index (χ2v) is 7.28. The molecule has 0 atom stereocenters. The molecule has 2 amide bonds. The maximum absolute atomic E-state index is 13.1. The molecule has 2 aromatic rings. The highest BCUT2D eigenvalue weighted by Crippen LogP contribution is 2.16. The molecule has 2 rings (SSSR count). The molecule has 2 N–H and O–H groups in total. The second kappa shape index (κ2) is 9.34. The molecule has 0 aliphatic rings. The summed E-state index contributed by atoms with van der Waals surface area (Å²) in [7, 11) is 0. The molecule has 0 aliphatic carbocycles. The van der Waals surface area contributed by atoms with Crippen molar-refractivity contribution in [3.8, 4) is 5.69 Å². The van der Waals surface area contributed by atoms with Crippen molar-refractivity contribution >= 4 is 12.0 Å². The van der Waals surface area contributed by atoms with E-state index in [4.69, 9.17) is 4.74 Å². The molecule has 8 heteroatoms. The Bertz CT molecular complexity index is 810. The summed E-state index contributed by atoms with van der Waals surface area (Å²) in [6.45, 7) is 8.11. The lowest BCUT2D eigenvalue weighted by atomic mass is 10.2. The van der Waals surface area contributed by atoms with Crippen molar-refractivity contribution in [3.63, 3.8) is 0 Å². The summed E-state index contributed by atoms with van der Waals surface area (Å²) in [5, 5.41) is 9.74. The van der Waals surface area contributed by atoms with E-state index in [9.17, 15) is 14.0 Å². The van der Waals surface area contributed by atoms with Crippen LogP contribution in [0.3, 0.4) is 0 Å². The lowest BCUT2D eigenvalue weighted by molar-refractivity contribution is 0.0527. The van der Waals surface area contributed by atoms with Gasteiger partial charge >= 0.3 is 6.09 Å². The maximum Gasteiger partial charge on any atom is 0.407 e. The fourth-order valence-electron chi connectivity index (χ4n) is 2.60. The first-order chi connectivity index (χ1) is 13.2. The Morgan fingerprint density at radius 1 is 1.14 bits per heavy atom. The molecule has 0 saturated carbocycles. The topological polar surface area (TPSA) is 85.2 Å². The van der Waals surface area contributed by atoms with Crippen LogP contribution in [0.15, 0.2) is 30.5 Å². The van der Waals surface area contributed by atoms with Gasteiger partial charge in [-0.1, -0.05) is 6.92 Å². The van der Waals surface area contributed by atoms with Crippen LogP contribution in [0.2, 0.25) is 0 Å². The summed E-state index contributed by atoms with van der Waals surface area (Å²) >= 11 is 0. The molecule has 1 aromatic heterocycles. The van der Waals surface area contributed by atoms with Crippen LogP contribution in [0.1, 0.15) is 50.2 Å². The van der Waals surface area contributed by atoms with Gasteiger partial charge in [0, 0.05) is 13.1 Å². The molecule has 28 heavy (non-hydrogen) atoms. The number of nitrogens with zero attached hydrogens (tertiary/aromatic N) is 2. The first-order valence-electron chi connectivity index (χ1n) is 9.29. The molecule has 1 aromatic carbocycles. The summed E-state index contributed by atoms with van der Waals surface area (Å²) in [5.74, 6) is -0.561. The number of ether oxygens (including phenoxy) is 1. The van der Waals surface area contributed by atoms with Crippen LogP contribution in [0.4, 0.5) is 9.18 Å². The van der Waals surface area contributed by atoms with Crippen LogP contribution >= 0.6 is 0 Å². The van der Waals surface area contributed by atoms with E-state index in [0.29, 0.717) is 37.2 Å². The Labute approximate surface area is 164 Å². The molecule has 0 spiro atoms. The number of benzene rings is 1. The SMILES string of the molecule is CCc1c(C(=O)NCCCNC(=O)OC(C)(C)C)cnn1-c1ccc(F)cc1. The quantitative estimate of drug-likeness (QED) is 0.711. The van der Waals surface area contributed by atoms with Crippen LogP contribution < -0.4 is 10.6 Å². The van der Waals surface area contributed by atoms with Gasteiger partial charge in [-0.15, -0.1) is 0 Å². The lowest BCUT2D eigenvalue weighted by Crippen LogP contribution is -2.34. The maximum atomic E-state index is 13.1. The number of aromatic nitrogens is 2. The summed E-state index contributed by atoms with van der Waals surface area (Å²) in [6.07, 6.45) is 2.20. The van der Waals surface area contributed by atoms with Gasteiger partial charge in [0.2, 0.25) is 0 Å². The predicted octanol–water partition coefficient (Wildman–Crippen LogP) is 3.22. The standard InChI is InChI=1S/C20H27FN4O3/c1-5-17-16(13-24-25(17)15-9-7-14(21)8-10-15)18(26)22-11-6-12-23-19(27)28-20(2,3)4/h7-10,13H,5-6,11-12H2,1-4H3,(H,22,26)(H,23,27). The van der Waals surface area contributed by atoms with E-state index in [0.717, 1.165) is 5.69 Å². The van der Waals surface area contributed by atoms with Crippen molar-refractivity contribution in [2.75, 3.05) is 13.1 Å². The van der Waals surface area contributed by atoms with Crippen molar-refractivity contribution in [2.45, 2.75) is 46.1 Å². The number of nitrogens with one attached hydrogen (secondary N) is 2. The number of carbonyl (C=O) groups excluding carboxylic acids is 2. The Morgan fingerprint density at radius 2 is 1.79 bits per heavy atom. The number of rotatable bonds is 7. The van der Waals surface area contributed by atoms with E-state index in [1.807, 2.05) is 6.92 Å². The number of alkyl carbamates (subject to hydrolysis) is 1. The molecule has 0 fully saturated rings. The number of halogens is 1. The molecule has 7 nitrogen and oxygen atoms in total. The number of carbonyl (C=O) groups is 2. The Morgan fingerprint density at radius 3 is 2.39 bits per heavy atom. The minimum Gasteiger partial charge on any atom is -0.444 e. The third-order valence-electron chi connectivity index (χ3n) is 3.83. The number of amides is 2. The van der Waals surface area contributed by atoms with E-state index < -0.39 is 11.7 Å². The molecule has 0 unspecified atom stereocenters. The van der Waals surface area contributed by atoms with Gasteiger partial charge in [-0.25, -0.2) is 13.9 Å². The molecule has 152 valence electrons. The molecule has 0 radical (unpaired) electrons. The Balaban J connectivity index is 1.87. The van der Waals surface area contributed by atoms with Crippen LogP contribution in [-0.2, 0) is 11.2 Å². The van der Waals surface area contributed by atoms with Gasteiger partial charge in [-0.05, 0) is 57.9 Å². The van der Waals surface area contributed by atoms with Crippen molar-refractivity contribution in [2.24, 2.45) is 0 Å². The van der Waals surface area contributed by atoms with Gasteiger partial charge in [0.15, 0.2) is 0 Å². The zero-order chi connectivity index (χ0) is 20.7. The first-order valence-corrected chi connectivity index (χ1v) is 9.29. The second-order valence-electron chi connectivity index (χ2n) is 7.28. The van der Waals surface area contributed by atoms with Crippen LogP contribution in [0.5, 0.6) is 0 Å². The Hall–Kier alpha value is -2.90. The molecule has 0 bridgehead atoms. The fraction of sp³-hybridized carbons (Fsp3) is 0.450. The average Bonchev–Trinajstić information content (AvgIpc) is 3.04. The first kappa shape index (κ1) is 21.4. The van der Waals surface area contributed by atoms with Crippen molar-refractivity contribution in [1.82, 2.24) is 20.4 Å². The van der Waals surface area contributed by atoms with Gasteiger partial charge in [0.25, 0.3) is 5.91 Å². The van der Waals surface area contributed by atoms with Crippen molar-refractivity contribution < 1.29 is 18.7 Å². The van der Waals surface area contributed by atoms with E-state index in [-0.39, 0.29) is 11.7 Å². The van der Waals surface area contributed by atoms with E-state index in [1.165, 1.54) is 18.3 Å². The minimum atomic E-state index is -0.542. The summed E-state index contributed by atoms with van der Waals surface area (Å²) in [5.41, 5.74) is 1.38. The summed E-state index contributed by atoms with van der Waals surface area (Å²) in [6, 6.07) is 5.94. The van der Waals surface area contributed by atoms with E-state index in [2.05, 4.69) is 15.7 Å². The van der Waals surface area contributed by atoms with Crippen molar-refractivity contribution in [3.05, 3.63) is 47.5 Å². The fourth-order valence-corrected chi connectivity index (χ4v) is 2.60. The number of hydrogen-bond acceptors (Lipinski definition) is 4. The van der Waals surface area contributed by atoms with Gasteiger partial charge in [-0.3, -0.25) is 4.79 Å². The van der Waals surface area contributed by atoms with Gasteiger partial charge in [0.05, 0.1) is 23.1 Å². The largest absolute Gasteiger partial charge is 0.444 e. The van der Waals surface area contributed by atoms with Crippen LogP contribution in [0, 0.1) is 5.82 Å². The summed E-state index contributed by atoms with van der Waals surface area (Å²) in [4.78, 5) is 24.0. The third-order valence-corrected chi connectivity index (χ3v) is 3.83. The normalized spacial score (nSPS) is 11.2. The zero-order valence-electron chi connectivity index (χ0n) is 16.7. The van der Waals surface area contributed by atoms with E-state index in [1.54, 1.807) is 37.6 Å². The van der Waals surface area contributed by atoms with Gasteiger partial charge in [-0.2, -0.15) is 5.10 Å². The Kier molecular flexibility index (Phi) is 7.14. The highest BCUT2D eigenvalue weighted by atomic mass is 19.1. The molecule has 1 heterocycles. The third kappa shape index (κ3) is 6.07. The highest BCUT2D eigenvalue weighted by molar-refractivity contribution is 5.95. The zero-order valence-corrected chi connectivity index (χ0v) is 16.7.